The van der Waals surface area contributed by atoms with Crippen molar-refractivity contribution in [3.8, 4) is 0 Å². The summed E-state index contributed by atoms with van der Waals surface area (Å²) >= 11 is 0. The van der Waals surface area contributed by atoms with Gasteiger partial charge in [0.25, 0.3) is 0 Å². The first-order valence-electron chi connectivity index (χ1n) is 6.09. The first-order valence-corrected chi connectivity index (χ1v) is 6.09. The Kier molecular flexibility index (Phi) is 3.87. The highest BCUT2D eigenvalue weighted by atomic mass is 35.5. The second-order valence-corrected chi connectivity index (χ2v) is 4.50. The molecular formula is C15H17ClN2. The van der Waals surface area contributed by atoms with Crippen LogP contribution in [-0.4, -0.2) is 18.9 Å². The van der Waals surface area contributed by atoms with Gasteiger partial charge >= 0.3 is 0 Å². The summed E-state index contributed by atoms with van der Waals surface area (Å²) in [5.41, 5.74) is 2.75. The Hall–Kier alpha value is -1.54. The third-order valence-electron chi connectivity index (χ3n) is 3.41. The summed E-state index contributed by atoms with van der Waals surface area (Å²) in [6.07, 6.45) is 0.927. The maximum Gasteiger partial charge on any atom is 0.101 e. The molecule has 1 aliphatic heterocycles. The van der Waals surface area contributed by atoms with Crippen LogP contribution in [0.4, 0.5) is 0 Å². The lowest BCUT2D eigenvalue weighted by Gasteiger charge is -2.09. The van der Waals surface area contributed by atoms with Crippen molar-refractivity contribution in [3.63, 3.8) is 0 Å². The van der Waals surface area contributed by atoms with Gasteiger partial charge in [-0.15, -0.1) is 12.4 Å². The van der Waals surface area contributed by atoms with Crippen molar-refractivity contribution in [3.05, 3.63) is 47.5 Å². The van der Waals surface area contributed by atoms with E-state index in [2.05, 4.69) is 53.6 Å². The van der Waals surface area contributed by atoms with Crippen molar-refractivity contribution in [1.82, 2.24) is 5.32 Å². The summed E-state index contributed by atoms with van der Waals surface area (Å²) in [6, 6.07) is 13.0. The third-order valence-corrected chi connectivity index (χ3v) is 3.41. The lowest BCUT2D eigenvalue weighted by atomic mass is 9.98. The molecule has 18 heavy (non-hydrogen) atoms. The summed E-state index contributed by atoms with van der Waals surface area (Å²) in [4.78, 5) is 4.46. The summed E-state index contributed by atoms with van der Waals surface area (Å²) in [6.45, 7) is 4.11. The molecule has 2 nitrogen and oxygen atoms in total. The minimum Gasteiger partial charge on any atom is -0.372 e. The van der Waals surface area contributed by atoms with Crippen molar-refractivity contribution >= 4 is 29.0 Å². The highest BCUT2D eigenvalue weighted by Crippen LogP contribution is 2.22. The molecule has 0 fully saturated rings. The van der Waals surface area contributed by atoms with Gasteiger partial charge in [0.1, 0.15) is 5.84 Å². The van der Waals surface area contributed by atoms with E-state index in [4.69, 9.17) is 0 Å². The number of aryl methyl sites for hydroxylation is 1. The molecular weight excluding hydrogens is 244 g/mol. The molecule has 2 aromatic carbocycles. The number of halogens is 1. The number of hydrogen-bond acceptors (Lipinski definition) is 2. The monoisotopic (exact) mass is 260 g/mol. The average Bonchev–Trinajstić information content (AvgIpc) is 2.86. The smallest absolute Gasteiger partial charge is 0.101 e. The number of nitrogens with one attached hydrogen (secondary N) is 1. The van der Waals surface area contributed by atoms with Gasteiger partial charge < -0.3 is 5.32 Å². The van der Waals surface area contributed by atoms with Gasteiger partial charge in [0.2, 0.25) is 0 Å². The van der Waals surface area contributed by atoms with E-state index in [9.17, 15) is 0 Å². The predicted octanol–water partition coefficient (Wildman–Crippen LogP) is 3.11. The molecule has 0 aliphatic carbocycles. The molecule has 1 heterocycles. The molecule has 1 aliphatic rings. The molecule has 1 N–H and O–H groups in total. The van der Waals surface area contributed by atoms with E-state index in [-0.39, 0.29) is 12.4 Å². The number of rotatable bonds is 2. The Balaban J connectivity index is 0.00000120. The van der Waals surface area contributed by atoms with E-state index >= 15 is 0 Å². The Morgan fingerprint density at radius 1 is 1.17 bits per heavy atom. The van der Waals surface area contributed by atoms with Gasteiger partial charge in [0, 0.05) is 13.0 Å². The number of fused-ring (bicyclic) bond motifs is 1. The third kappa shape index (κ3) is 2.34. The molecule has 3 rings (SSSR count). The van der Waals surface area contributed by atoms with Crippen molar-refractivity contribution in [1.29, 1.82) is 0 Å². The summed E-state index contributed by atoms with van der Waals surface area (Å²) in [7, 11) is 0. The fourth-order valence-corrected chi connectivity index (χ4v) is 2.41. The van der Waals surface area contributed by atoms with E-state index in [0.29, 0.717) is 0 Å². The van der Waals surface area contributed by atoms with Crippen molar-refractivity contribution < 1.29 is 0 Å². The van der Waals surface area contributed by atoms with E-state index in [1.54, 1.807) is 0 Å². The number of hydrogen-bond donors (Lipinski definition) is 1. The lowest BCUT2D eigenvalue weighted by Crippen LogP contribution is -2.20. The lowest BCUT2D eigenvalue weighted by molar-refractivity contribution is 0.953. The predicted molar refractivity (Wildman–Crippen MR) is 79.9 cm³/mol. The highest BCUT2D eigenvalue weighted by Gasteiger charge is 2.09. The minimum absolute atomic E-state index is 0. The zero-order chi connectivity index (χ0) is 11.7. The maximum absolute atomic E-state index is 4.46. The van der Waals surface area contributed by atoms with E-state index in [1.807, 2.05) is 0 Å². The second-order valence-electron chi connectivity index (χ2n) is 4.50. The molecule has 3 heteroatoms. The molecule has 94 valence electrons. The molecule has 0 spiro atoms. The van der Waals surface area contributed by atoms with Crippen molar-refractivity contribution in [2.45, 2.75) is 13.3 Å². The van der Waals surface area contributed by atoms with Gasteiger partial charge in [0.05, 0.1) is 6.54 Å². The van der Waals surface area contributed by atoms with Crippen LogP contribution in [0.15, 0.2) is 41.4 Å². The van der Waals surface area contributed by atoms with Crippen molar-refractivity contribution in [2.75, 3.05) is 13.1 Å². The van der Waals surface area contributed by atoms with E-state index in [0.717, 1.165) is 25.3 Å². The van der Waals surface area contributed by atoms with Crippen LogP contribution < -0.4 is 5.32 Å². The van der Waals surface area contributed by atoms with Crippen LogP contribution in [0.2, 0.25) is 0 Å². The van der Waals surface area contributed by atoms with Gasteiger partial charge in [-0.25, -0.2) is 0 Å². The molecule has 0 radical (unpaired) electrons. The van der Waals surface area contributed by atoms with Crippen molar-refractivity contribution in [2.24, 2.45) is 4.99 Å². The summed E-state index contributed by atoms with van der Waals surface area (Å²) in [5.74, 6) is 1.13. The van der Waals surface area contributed by atoms with E-state index in [1.165, 1.54) is 21.9 Å². The average molecular weight is 261 g/mol. The number of benzene rings is 2. The fraction of sp³-hybridized carbons (Fsp3) is 0.267. The first kappa shape index (κ1) is 12.9. The van der Waals surface area contributed by atoms with Crippen LogP contribution in [0.3, 0.4) is 0 Å². The molecule has 0 atom stereocenters. The zero-order valence-corrected chi connectivity index (χ0v) is 11.3. The molecule has 0 amide bonds. The Labute approximate surface area is 114 Å². The molecule has 0 unspecified atom stereocenters. The Bertz CT molecular complexity index is 590. The minimum atomic E-state index is 0. The van der Waals surface area contributed by atoms with Crippen LogP contribution in [0.5, 0.6) is 0 Å². The van der Waals surface area contributed by atoms with Crippen LogP contribution >= 0.6 is 12.4 Å². The second kappa shape index (κ2) is 5.40. The van der Waals surface area contributed by atoms with Gasteiger partial charge in [-0.05, 0) is 28.8 Å². The van der Waals surface area contributed by atoms with Crippen LogP contribution in [-0.2, 0) is 6.42 Å². The standard InChI is InChI=1S/C15H16N2.ClH/c1-11-13(10-15-16-8-9-17-15)7-6-12-4-2-3-5-14(11)12;/h2-7H,8-10H2,1H3,(H,16,17);1H. The topological polar surface area (TPSA) is 24.4 Å². The van der Waals surface area contributed by atoms with E-state index < -0.39 is 0 Å². The Morgan fingerprint density at radius 2 is 2.00 bits per heavy atom. The van der Waals surface area contributed by atoms with Gasteiger partial charge in [-0.2, -0.15) is 0 Å². The normalized spacial score (nSPS) is 13.9. The zero-order valence-electron chi connectivity index (χ0n) is 10.4. The van der Waals surface area contributed by atoms with Crippen LogP contribution in [0.1, 0.15) is 11.1 Å². The summed E-state index contributed by atoms with van der Waals surface area (Å²) in [5, 5.41) is 6.00. The quantitative estimate of drug-likeness (QED) is 0.882. The highest BCUT2D eigenvalue weighted by molar-refractivity contribution is 5.90. The number of amidine groups is 1. The van der Waals surface area contributed by atoms with Crippen LogP contribution in [0.25, 0.3) is 10.8 Å². The Morgan fingerprint density at radius 3 is 2.78 bits per heavy atom. The molecule has 0 saturated heterocycles. The number of aliphatic imine (C=N–C) groups is 1. The molecule has 0 bridgehead atoms. The fourth-order valence-electron chi connectivity index (χ4n) is 2.41. The first-order chi connectivity index (χ1) is 8.34. The van der Waals surface area contributed by atoms with Gasteiger partial charge in [-0.3, -0.25) is 4.99 Å². The summed E-state index contributed by atoms with van der Waals surface area (Å²) < 4.78 is 0. The molecule has 0 aromatic heterocycles. The van der Waals surface area contributed by atoms with Gasteiger partial charge in [0.15, 0.2) is 0 Å². The molecule has 2 aromatic rings. The maximum atomic E-state index is 4.46. The number of nitrogens with zero attached hydrogens (tertiary/aromatic N) is 1. The molecule has 0 saturated carbocycles. The largest absolute Gasteiger partial charge is 0.372 e. The SMILES string of the molecule is Cc1c(CC2=NCCN2)ccc2ccccc12.Cl. The van der Waals surface area contributed by atoms with Gasteiger partial charge in [-0.1, -0.05) is 36.4 Å². The van der Waals surface area contributed by atoms with Crippen LogP contribution in [0, 0.1) is 6.92 Å².